The minimum Gasteiger partial charge on any atom is -0.481 e. The molecular weight excluding hydrogens is 290 g/mol. The largest absolute Gasteiger partial charge is 0.481 e. The van der Waals surface area contributed by atoms with Crippen LogP contribution in [0.25, 0.3) is 0 Å². The van der Waals surface area contributed by atoms with Gasteiger partial charge in [0.15, 0.2) is 0 Å². The Kier molecular flexibility index (Phi) is 5.57. The van der Waals surface area contributed by atoms with E-state index in [1.165, 1.54) is 0 Å². The summed E-state index contributed by atoms with van der Waals surface area (Å²) in [7, 11) is 1.55. The Hall–Kier alpha value is -2.56. The maximum Gasteiger partial charge on any atom is 0.255 e. The molecule has 122 valence electrons. The lowest BCUT2D eigenvalue weighted by atomic mass is 10.1. The number of aromatic nitrogens is 1. The number of hydrogen-bond acceptors (Lipinski definition) is 4. The summed E-state index contributed by atoms with van der Waals surface area (Å²) >= 11 is 0. The van der Waals surface area contributed by atoms with E-state index in [1.807, 2.05) is 24.3 Å². The Bertz CT molecular complexity index is 636. The number of amides is 1. The minimum absolute atomic E-state index is 0.156. The van der Waals surface area contributed by atoms with Crippen molar-refractivity contribution in [2.45, 2.75) is 26.8 Å². The molecule has 1 aromatic heterocycles. The molecule has 0 saturated carbocycles. The van der Waals surface area contributed by atoms with Crippen molar-refractivity contribution in [2.24, 2.45) is 0 Å². The van der Waals surface area contributed by atoms with Gasteiger partial charge in [0.05, 0.1) is 19.0 Å². The highest BCUT2D eigenvalue weighted by molar-refractivity contribution is 6.04. The minimum atomic E-state index is -0.156. The summed E-state index contributed by atoms with van der Waals surface area (Å²) in [4.78, 5) is 18.6. The van der Waals surface area contributed by atoms with Gasteiger partial charge in [0.25, 0.3) is 5.91 Å². The molecule has 2 rings (SSSR count). The maximum atomic E-state index is 12.3. The molecule has 5 heteroatoms. The van der Waals surface area contributed by atoms with E-state index < -0.39 is 0 Å². The van der Waals surface area contributed by atoms with Gasteiger partial charge in [-0.25, -0.2) is 4.98 Å². The van der Waals surface area contributed by atoms with E-state index in [0.717, 1.165) is 12.2 Å². The van der Waals surface area contributed by atoms with Gasteiger partial charge >= 0.3 is 0 Å². The lowest BCUT2D eigenvalue weighted by molar-refractivity contribution is 0.102. The third-order valence-corrected chi connectivity index (χ3v) is 3.63. The number of rotatable bonds is 6. The number of benzene rings is 1. The van der Waals surface area contributed by atoms with Crippen molar-refractivity contribution in [1.29, 1.82) is 0 Å². The van der Waals surface area contributed by atoms with Gasteiger partial charge in [-0.05, 0) is 51.1 Å². The molecule has 0 fully saturated rings. The highest BCUT2D eigenvalue weighted by Crippen LogP contribution is 2.18. The summed E-state index contributed by atoms with van der Waals surface area (Å²) in [6.45, 7) is 7.36. The van der Waals surface area contributed by atoms with Crippen molar-refractivity contribution in [1.82, 2.24) is 4.98 Å². The molecule has 1 amide bonds. The van der Waals surface area contributed by atoms with Crippen molar-refractivity contribution >= 4 is 17.3 Å². The molecule has 0 aliphatic heterocycles. The second kappa shape index (κ2) is 7.63. The first kappa shape index (κ1) is 16.8. The summed E-state index contributed by atoms with van der Waals surface area (Å²) in [5.74, 6) is 0.358. The monoisotopic (exact) mass is 313 g/mol. The van der Waals surface area contributed by atoms with Crippen LogP contribution >= 0.6 is 0 Å². The zero-order valence-corrected chi connectivity index (χ0v) is 14.0. The predicted molar refractivity (Wildman–Crippen MR) is 93.3 cm³/mol. The number of carbonyl (C=O) groups excluding carboxylic acids is 1. The van der Waals surface area contributed by atoms with Gasteiger partial charge < -0.3 is 15.0 Å². The van der Waals surface area contributed by atoms with Gasteiger partial charge in [-0.3, -0.25) is 4.79 Å². The summed E-state index contributed by atoms with van der Waals surface area (Å²) in [5, 5.41) is 2.82. The van der Waals surface area contributed by atoms with E-state index >= 15 is 0 Å². The second-order valence-electron chi connectivity index (χ2n) is 5.47. The Morgan fingerprint density at radius 2 is 1.91 bits per heavy atom. The summed E-state index contributed by atoms with van der Waals surface area (Å²) in [5.41, 5.74) is 2.37. The van der Waals surface area contributed by atoms with Crippen molar-refractivity contribution in [3.05, 3.63) is 48.2 Å². The molecule has 0 aliphatic rings. The molecule has 0 aliphatic carbocycles. The van der Waals surface area contributed by atoms with Gasteiger partial charge in [0.1, 0.15) is 0 Å². The quantitative estimate of drug-likeness (QED) is 0.885. The fourth-order valence-electron chi connectivity index (χ4n) is 2.43. The van der Waals surface area contributed by atoms with Gasteiger partial charge in [-0.15, -0.1) is 0 Å². The SMILES string of the molecule is CCN(c1ccc(C(=O)Nc2ccc(OC)nc2)cc1)C(C)C. The molecule has 0 unspecified atom stereocenters. The van der Waals surface area contributed by atoms with E-state index in [-0.39, 0.29) is 5.91 Å². The molecule has 0 spiro atoms. The number of anilines is 2. The van der Waals surface area contributed by atoms with E-state index in [2.05, 4.69) is 36.0 Å². The Labute approximate surface area is 137 Å². The molecule has 1 aromatic carbocycles. The van der Waals surface area contributed by atoms with Gasteiger partial charge in [-0.2, -0.15) is 0 Å². The molecular formula is C18H23N3O2. The van der Waals surface area contributed by atoms with E-state index in [9.17, 15) is 4.79 Å². The maximum absolute atomic E-state index is 12.3. The molecule has 0 bridgehead atoms. The lowest BCUT2D eigenvalue weighted by Gasteiger charge is -2.27. The fraction of sp³-hybridized carbons (Fsp3) is 0.333. The predicted octanol–water partition coefficient (Wildman–Crippen LogP) is 3.58. The van der Waals surface area contributed by atoms with Crippen LogP contribution in [-0.2, 0) is 0 Å². The van der Waals surface area contributed by atoms with Crippen molar-refractivity contribution < 1.29 is 9.53 Å². The normalized spacial score (nSPS) is 10.5. The van der Waals surface area contributed by atoms with Gasteiger partial charge in [0, 0.05) is 29.9 Å². The number of methoxy groups -OCH3 is 1. The number of nitrogens with zero attached hydrogens (tertiary/aromatic N) is 2. The van der Waals surface area contributed by atoms with Crippen LogP contribution in [0.2, 0.25) is 0 Å². The number of ether oxygens (including phenoxy) is 1. The summed E-state index contributed by atoms with van der Waals surface area (Å²) in [6, 6.07) is 11.5. The third kappa shape index (κ3) is 4.22. The summed E-state index contributed by atoms with van der Waals surface area (Å²) in [6.07, 6.45) is 1.57. The van der Waals surface area contributed by atoms with Crippen LogP contribution in [0, 0.1) is 0 Å². The van der Waals surface area contributed by atoms with Crippen LogP contribution in [0.5, 0.6) is 5.88 Å². The van der Waals surface area contributed by atoms with E-state index in [0.29, 0.717) is 23.2 Å². The number of nitrogens with one attached hydrogen (secondary N) is 1. The first-order chi connectivity index (χ1) is 11.0. The number of carbonyl (C=O) groups is 1. The van der Waals surface area contributed by atoms with Crippen LogP contribution in [0.1, 0.15) is 31.1 Å². The topological polar surface area (TPSA) is 54.5 Å². The molecule has 0 radical (unpaired) electrons. The molecule has 2 aromatic rings. The highest BCUT2D eigenvalue weighted by Gasteiger charge is 2.10. The molecule has 23 heavy (non-hydrogen) atoms. The average Bonchev–Trinajstić information content (AvgIpc) is 2.56. The molecule has 0 saturated heterocycles. The molecule has 5 nitrogen and oxygen atoms in total. The van der Waals surface area contributed by atoms with Gasteiger partial charge in [0.2, 0.25) is 5.88 Å². The fourth-order valence-corrected chi connectivity index (χ4v) is 2.43. The molecule has 1 heterocycles. The standard InChI is InChI=1S/C18H23N3O2/c1-5-21(13(2)3)16-9-6-14(7-10-16)18(22)20-15-8-11-17(23-4)19-12-15/h6-13H,5H2,1-4H3,(H,20,22). The van der Waals surface area contributed by atoms with E-state index in [1.54, 1.807) is 25.4 Å². The first-order valence-corrected chi connectivity index (χ1v) is 7.73. The van der Waals surface area contributed by atoms with Crippen molar-refractivity contribution in [3.63, 3.8) is 0 Å². The second-order valence-corrected chi connectivity index (χ2v) is 5.47. The Morgan fingerprint density at radius 1 is 1.22 bits per heavy atom. The smallest absolute Gasteiger partial charge is 0.255 e. The third-order valence-electron chi connectivity index (χ3n) is 3.63. The first-order valence-electron chi connectivity index (χ1n) is 7.73. The van der Waals surface area contributed by atoms with E-state index in [4.69, 9.17) is 4.74 Å². The molecule has 1 N–H and O–H groups in total. The Balaban J connectivity index is 2.07. The molecule has 0 atom stereocenters. The van der Waals surface area contributed by atoms with Crippen LogP contribution in [-0.4, -0.2) is 30.6 Å². The zero-order valence-electron chi connectivity index (χ0n) is 14.0. The van der Waals surface area contributed by atoms with Crippen LogP contribution in [0.15, 0.2) is 42.6 Å². The number of pyridine rings is 1. The van der Waals surface area contributed by atoms with Crippen LogP contribution in [0.3, 0.4) is 0 Å². The lowest BCUT2D eigenvalue weighted by Crippen LogP contribution is -2.30. The highest BCUT2D eigenvalue weighted by atomic mass is 16.5. The zero-order chi connectivity index (χ0) is 16.8. The average molecular weight is 313 g/mol. The van der Waals surface area contributed by atoms with Crippen molar-refractivity contribution in [2.75, 3.05) is 23.9 Å². The number of hydrogen-bond donors (Lipinski definition) is 1. The van der Waals surface area contributed by atoms with Crippen molar-refractivity contribution in [3.8, 4) is 5.88 Å². The van der Waals surface area contributed by atoms with Crippen LogP contribution in [0.4, 0.5) is 11.4 Å². The van der Waals surface area contributed by atoms with Crippen LogP contribution < -0.4 is 15.0 Å². The Morgan fingerprint density at radius 3 is 2.39 bits per heavy atom. The summed E-state index contributed by atoms with van der Waals surface area (Å²) < 4.78 is 5.00. The van der Waals surface area contributed by atoms with Gasteiger partial charge in [-0.1, -0.05) is 0 Å².